The topological polar surface area (TPSA) is 75.7 Å². The number of hydrogen-bond acceptors (Lipinski definition) is 4. The fourth-order valence-corrected chi connectivity index (χ4v) is 4.11. The summed E-state index contributed by atoms with van der Waals surface area (Å²) in [4.78, 5) is 14.5. The van der Waals surface area contributed by atoms with Crippen molar-refractivity contribution in [2.24, 2.45) is 0 Å². The lowest BCUT2D eigenvalue weighted by Gasteiger charge is -2.17. The first kappa shape index (κ1) is 19.2. The summed E-state index contributed by atoms with van der Waals surface area (Å²) in [6.07, 6.45) is 1.92. The highest BCUT2D eigenvalue weighted by Gasteiger charge is 2.23. The molecule has 1 N–H and O–H groups in total. The summed E-state index contributed by atoms with van der Waals surface area (Å²) in [5, 5.41) is 0. The molecule has 2 aromatic carbocycles. The van der Waals surface area contributed by atoms with Gasteiger partial charge in [-0.1, -0.05) is 25.5 Å². The van der Waals surface area contributed by atoms with Crippen LogP contribution in [0.4, 0.5) is 5.69 Å². The van der Waals surface area contributed by atoms with Gasteiger partial charge in [0.2, 0.25) is 0 Å². The highest BCUT2D eigenvalue weighted by molar-refractivity contribution is 7.92. The maximum Gasteiger partial charge on any atom is 0.261 e. The molecule has 0 radical (unpaired) electrons. The van der Waals surface area contributed by atoms with Crippen molar-refractivity contribution in [3.63, 3.8) is 0 Å². The minimum atomic E-state index is -3.73. The van der Waals surface area contributed by atoms with E-state index in [1.54, 1.807) is 29.2 Å². The van der Waals surface area contributed by atoms with Crippen molar-refractivity contribution in [1.29, 1.82) is 0 Å². The summed E-state index contributed by atoms with van der Waals surface area (Å²) >= 11 is 0. The molecule has 2 aromatic rings. The number of anilines is 1. The van der Waals surface area contributed by atoms with Crippen molar-refractivity contribution >= 4 is 21.6 Å². The monoisotopic (exact) mass is 388 g/mol. The van der Waals surface area contributed by atoms with E-state index in [1.165, 1.54) is 6.07 Å². The summed E-state index contributed by atoms with van der Waals surface area (Å²) in [7, 11) is -3.73. The zero-order valence-corrected chi connectivity index (χ0v) is 16.4. The molecule has 1 aliphatic rings. The van der Waals surface area contributed by atoms with Crippen molar-refractivity contribution in [1.82, 2.24) is 4.90 Å². The summed E-state index contributed by atoms with van der Waals surface area (Å²) in [6.45, 7) is 5.48. The second kappa shape index (κ2) is 8.00. The minimum absolute atomic E-state index is 0.157. The zero-order chi connectivity index (χ0) is 19.4. The average Bonchev–Trinajstić information content (AvgIpc) is 2.81. The van der Waals surface area contributed by atoms with Crippen LogP contribution in [0.25, 0.3) is 0 Å². The maximum absolute atomic E-state index is 12.7. The van der Waals surface area contributed by atoms with Crippen LogP contribution < -0.4 is 9.46 Å². The number of carbonyl (C=O) groups is 1. The molecule has 0 aromatic heterocycles. The number of nitrogens with one attached hydrogen (secondary N) is 1. The molecule has 0 aliphatic carbocycles. The van der Waals surface area contributed by atoms with Crippen LogP contribution in [0.15, 0.2) is 47.4 Å². The summed E-state index contributed by atoms with van der Waals surface area (Å²) in [5.41, 5.74) is 1.80. The van der Waals surface area contributed by atoms with Crippen LogP contribution in [0, 0.1) is 0 Å². The number of rotatable bonds is 6. The van der Waals surface area contributed by atoms with Gasteiger partial charge in [-0.15, -0.1) is 0 Å². The number of hydrogen-bond donors (Lipinski definition) is 1. The molecule has 1 aliphatic heterocycles. The van der Waals surface area contributed by atoms with Crippen LogP contribution in [0.3, 0.4) is 0 Å². The summed E-state index contributed by atoms with van der Waals surface area (Å²) in [5.74, 6) is 0.317. The van der Waals surface area contributed by atoms with E-state index in [4.69, 9.17) is 4.74 Å². The predicted octanol–water partition coefficient (Wildman–Crippen LogP) is 3.29. The van der Waals surface area contributed by atoms with Gasteiger partial charge in [-0.05, 0) is 49.2 Å². The second-order valence-electron chi connectivity index (χ2n) is 6.44. The first-order chi connectivity index (χ1) is 12.9. The van der Waals surface area contributed by atoms with Gasteiger partial charge in [0, 0.05) is 12.2 Å². The lowest BCUT2D eigenvalue weighted by atomic mass is 10.1. The van der Waals surface area contributed by atoms with Crippen molar-refractivity contribution < 1.29 is 17.9 Å². The minimum Gasteiger partial charge on any atom is -0.491 e. The van der Waals surface area contributed by atoms with Gasteiger partial charge in [-0.2, -0.15) is 0 Å². The molecule has 27 heavy (non-hydrogen) atoms. The molecule has 3 rings (SSSR count). The zero-order valence-electron chi connectivity index (χ0n) is 15.6. The van der Waals surface area contributed by atoms with E-state index < -0.39 is 10.0 Å². The third kappa shape index (κ3) is 4.24. The largest absolute Gasteiger partial charge is 0.491 e. The van der Waals surface area contributed by atoms with Gasteiger partial charge in [0.1, 0.15) is 12.4 Å². The number of benzene rings is 2. The van der Waals surface area contributed by atoms with Gasteiger partial charge in [-0.3, -0.25) is 9.52 Å². The van der Waals surface area contributed by atoms with Crippen LogP contribution in [0.2, 0.25) is 0 Å². The number of nitrogens with zero attached hydrogens (tertiary/aromatic N) is 1. The molecule has 7 heteroatoms. The van der Waals surface area contributed by atoms with Crippen LogP contribution in [0.5, 0.6) is 5.75 Å². The molecule has 0 spiro atoms. The van der Waals surface area contributed by atoms with Crippen molar-refractivity contribution in [2.45, 2.75) is 31.6 Å². The molecule has 6 nitrogen and oxygen atoms in total. The Morgan fingerprint density at radius 3 is 2.52 bits per heavy atom. The number of amides is 1. The molecule has 0 saturated carbocycles. The number of ether oxygens (including phenoxy) is 1. The Labute approximate surface area is 160 Å². The van der Waals surface area contributed by atoms with Crippen LogP contribution in [0.1, 0.15) is 36.2 Å². The van der Waals surface area contributed by atoms with Gasteiger partial charge in [0.05, 0.1) is 17.0 Å². The SMILES string of the molecule is CCCc1ccc(S(=O)(=O)Nc2ccc3c(c2)C(=O)N(CC)CCO3)cc1. The van der Waals surface area contributed by atoms with Crippen molar-refractivity contribution in [3.8, 4) is 5.75 Å². The third-order valence-electron chi connectivity index (χ3n) is 4.52. The molecule has 0 bridgehead atoms. The molecule has 1 amide bonds. The molecular formula is C20H24N2O4S. The van der Waals surface area contributed by atoms with Gasteiger partial charge < -0.3 is 9.64 Å². The average molecular weight is 388 g/mol. The fourth-order valence-electron chi connectivity index (χ4n) is 3.06. The Morgan fingerprint density at radius 2 is 1.85 bits per heavy atom. The van der Waals surface area contributed by atoms with E-state index in [9.17, 15) is 13.2 Å². The smallest absolute Gasteiger partial charge is 0.261 e. The molecular weight excluding hydrogens is 364 g/mol. The van der Waals surface area contributed by atoms with E-state index >= 15 is 0 Å². The summed E-state index contributed by atoms with van der Waals surface area (Å²) in [6, 6.07) is 11.6. The lowest BCUT2D eigenvalue weighted by Crippen LogP contribution is -2.32. The van der Waals surface area contributed by atoms with E-state index in [1.807, 2.05) is 19.1 Å². The maximum atomic E-state index is 12.7. The van der Waals surface area contributed by atoms with Gasteiger partial charge in [0.15, 0.2) is 0 Å². The molecule has 0 unspecified atom stereocenters. The van der Waals surface area contributed by atoms with Crippen LogP contribution >= 0.6 is 0 Å². The van der Waals surface area contributed by atoms with E-state index in [-0.39, 0.29) is 10.8 Å². The summed E-state index contributed by atoms with van der Waals surface area (Å²) < 4.78 is 33.5. The van der Waals surface area contributed by atoms with Crippen LogP contribution in [-0.2, 0) is 16.4 Å². The van der Waals surface area contributed by atoms with Gasteiger partial charge in [-0.25, -0.2) is 8.42 Å². The Hall–Kier alpha value is -2.54. The Balaban J connectivity index is 1.86. The molecule has 144 valence electrons. The first-order valence-electron chi connectivity index (χ1n) is 9.12. The second-order valence-corrected chi connectivity index (χ2v) is 8.13. The van der Waals surface area contributed by atoms with Gasteiger partial charge in [0.25, 0.3) is 15.9 Å². The number of aryl methyl sites for hydroxylation is 1. The lowest BCUT2D eigenvalue weighted by molar-refractivity contribution is 0.0765. The van der Waals surface area contributed by atoms with E-state index in [0.717, 1.165) is 18.4 Å². The normalized spacial score (nSPS) is 14.3. The predicted molar refractivity (Wildman–Crippen MR) is 105 cm³/mol. The standard InChI is InChI=1S/C20H24N2O4S/c1-3-5-15-6-9-17(10-7-15)27(24,25)21-16-8-11-19-18(14-16)20(23)22(4-2)12-13-26-19/h6-11,14,21H,3-5,12-13H2,1-2H3. The van der Waals surface area contributed by atoms with Crippen molar-refractivity contribution in [2.75, 3.05) is 24.4 Å². The van der Waals surface area contributed by atoms with Crippen LogP contribution in [-0.4, -0.2) is 38.9 Å². The number of fused-ring (bicyclic) bond motifs is 1. The van der Waals surface area contributed by atoms with Crippen molar-refractivity contribution in [3.05, 3.63) is 53.6 Å². The quantitative estimate of drug-likeness (QED) is 0.824. The van der Waals surface area contributed by atoms with Gasteiger partial charge >= 0.3 is 0 Å². The number of sulfonamides is 1. The Morgan fingerprint density at radius 1 is 1.11 bits per heavy atom. The van der Waals surface area contributed by atoms with E-state index in [0.29, 0.717) is 36.7 Å². The molecule has 1 heterocycles. The number of carbonyl (C=O) groups excluding carboxylic acids is 1. The third-order valence-corrected chi connectivity index (χ3v) is 5.92. The Kier molecular flexibility index (Phi) is 5.70. The fraction of sp³-hybridized carbons (Fsp3) is 0.350. The highest BCUT2D eigenvalue weighted by Crippen LogP contribution is 2.27. The molecule has 0 saturated heterocycles. The number of likely N-dealkylation sites (N-methyl/N-ethyl adjacent to an activating group) is 1. The molecule has 0 fully saturated rings. The highest BCUT2D eigenvalue weighted by atomic mass is 32.2. The first-order valence-corrected chi connectivity index (χ1v) is 10.6. The Bertz CT molecular complexity index is 923. The molecule has 0 atom stereocenters. The van der Waals surface area contributed by atoms with E-state index in [2.05, 4.69) is 11.6 Å².